The van der Waals surface area contributed by atoms with Crippen LogP contribution in [0.1, 0.15) is 69.4 Å². The Morgan fingerprint density at radius 1 is 0.950 bits per heavy atom. The number of hydrogen-bond donors (Lipinski definition) is 2. The van der Waals surface area contributed by atoms with Crippen LogP contribution in [0, 0.1) is 0 Å². The zero-order chi connectivity index (χ0) is 14.6. The second-order valence-corrected chi connectivity index (χ2v) is 5.41. The summed E-state index contributed by atoms with van der Waals surface area (Å²) < 4.78 is 0. The zero-order valence-electron chi connectivity index (χ0n) is 12.6. The highest BCUT2D eigenvalue weighted by Gasteiger charge is 1.99. The van der Waals surface area contributed by atoms with E-state index in [2.05, 4.69) is 24.2 Å². The minimum absolute atomic E-state index is 0.170. The van der Waals surface area contributed by atoms with Crippen molar-refractivity contribution < 1.29 is 5.21 Å². The first-order valence-corrected chi connectivity index (χ1v) is 7.84. The van der Waals surface area contributed by atoms with Crippen LogP contribution in [-0.4, -0.2) is 11.0 Å². The largest absolute Gasteiger partial charge is 0.409 e. The smallest absolute Gasteiger partial charge is 0.170 e. The lowest BCUT2D eigenvalue weighted by Crippen LogP contribution is -2.12. The van der Waals surface area contributed by atoms with Crippen LogP contribution < -0.4 is 5.73 Å². The molecule has 0 aliphatic heterocycles. The SMILES string of the molecule is CCCCCCCCCCc1ccc(/C(N)=N\O)cc1. The Labute approximate surface area is 122 Å². The number of unbranched alkanes of at least 4 members (excludes halogenated alkanes) is 7. The van der Waals surface area contributed by atoms with Crippen LogP contribution in [0.15, 0.2) is 29.4 Å². The van der Waals surface area contributed by atoms with Gasteiger partial charge in [-0.25, -0.2) is 0 Å². The van der Waals surface area contributed by atoms with E-state index in [9.17, 15) is 0 Å². The van der Waals surface area contributed by atoms with Gasteiger partial charge in [0.1, 0.15) is 0 Å². The third-order valence-corrected chi connectivity index (χ3v) is 3.68. The molecular formula is C17H28N2O. The molecule has 0 spiro atoms. The molecule has 0 aliphatic rings. The highest BCUT2D eigenvalue weighted by atomic mass is 16.4. The molecule has 3 heteroatoms. The molecule has 0 heterocycles. The van der Waals surface area contributed by atoms with Crippen molar-refractivity contribution in [2.45, 2.75) is 64.7 Å². The van der Waals surface area contributed by atoms with Gasteiger partial charge in [0.25, 0.3) is 0 Å². The standard InChI is InChI=1S/C17H28N2O/c1-2-3-4-5-6-7-8-9-10-15-11-13-16(14-12-15)17(18)19-20/h11-14,20H,2-10H2,1H3,(H2,18,19). The van der Waals surface area contributed by atoms with Gasteiger partial charge in [-0.05, 0) is 18.4 Å². The average molecular weight is 276 g/mol. The fourth-order valence-corrected chi connectivity index (χ4v) is 2.36. The van der Waals surface area contributed by atoms with E-state index in [1.165, 1.54) is 56.9 Å². The number of aryl methyl sites for hydroxylation is 1. The zero-order valence-corrected chi connectivity index (χ0v) is 12.6. The monoisotopic (exact) mass is 276 g/mol. The maximum Gasteiger partial charge on any atom is 0.170 e. The summed E-state index contributed by atoms with van der Waals surface area (Å²) in [5.41, 5.74) is 7.63. The van der Waals surface area contributed by atoms with Gasteiger partial charge < -0.3 is 10.9 Å². The van der Waals surface area contributed by atoms with Crippen molar-refractivity contribution in [3.63, 3.8) is 0 Å². The molecule has 0 aromatic heterocycles. The number of amidine groups is 1. The van der Waals surface area contributed by atoms with E-state index in [1.807, 2.05) is 12.1 Å². The molecule has 0 radical (unpaired) electrons. The molecule has 3 nitrogen and oxygen atoms in total. The number of nitrogens with two attached hydrogens (primary N) is 1. The van der Waals surface area contributed by atoms with Crippen molar-refractivity contribution in [1.82, 2.24) is 0 Å². The van der Waals surface area contributed by atoms with Crippen molar-refractivity contribution in [3.8, 4) is 0 Å². The topological polar surface area (TPSA) is 58.6 Å². The number of hydrogen-bond acceptors (Lipinski definition) is 2. The molecule has 0 saturated heterocycles. The number of nitrogens with zero attached hydrogens (tertiary/aromatic N) is 1. The van der Waals surface area contributed by atoms with Crippen LogP contribution in [0.5, 0.6) is 0 Å². The van der Waals surface area contributed by atoms with Gasteiger partial charge in [-0.15, -0.1) is 0 Å². The van der Waals surface area contributed by atoms with Crippen LogP contribution in [0.4, 0.5) is 0 Å². The minimum Gasteiger partial charge on any atom is -0.409 e. The molecule has 0 saturated carbocycles. The van der Waals surface area contributed by atoms with Gasteiger partial charge >= 0.3 is 0 Å². The van der Waals surface area contributed by atoms with Gasteiger partial charge in [-0.1, -0.05) is 81.3 Å². The molecule has 1 rings (SSSR count). The van der Waals surface area contributed by atoms with Crippen molar-refractivity contribution in [2.24, 2.45) is 10.9 Å². The van der Waals surface area contributed by atoms with E-state index in [0.717, 1.165) is 12.0 Å². The Balaban J connectivity index is 2.13. The second kappa shape index (κ2) is 10.3. The summed E-state index contributed by atoms with van der Waals surface area (Å²) in [6.07, 6.45) is 11.9. The highest BCUT2D eigenvalue weighted by molar-refractivity contribution is 5.96. The minimum atomic E-state index is 0.170. The van der Waals surface area contributed by atoms with E-state index in [4.69, 9.17) is 10.9 Å². The quantitative estimate of drug-likeness (QED) is 0.218. The van der Waals surface area contributed by atoms with Crippen molar-refractivity contribution in [1.29, 1.82) is 0 Å². The molecule has 3 N–H and O–H groups in total. The lowest BCUT2D eigenvalue weighted by molar-refractivity contribution is 0.318. The van der Waals surface area contributed by atoms with Gasteiger partial charge in [0.15, 0.2) is 5.84 Å². The van der Waals surface area contributed by atoms with Crippen LogP contribution in [0.25, 0.3) is 0 Å². The predicted octanol–water partition coefficient (Wildman–Crippen LogP) is 4.46. The normalized spacial score (nSPS) is 11.8. The summed E-state index contributed by atoms with van der Waals surface area (Å²) >= 11 is 0. The summed E-state index contributed by atoms with van der Waals surface area (Å²) in [6.45, 7) is 2.26. The first-order valence-electron chi connectivity index (χ1n) is 7.84. The predicted molar refractivity (Wildman–Crippen MR) is 85.3 cm³/mol. The van der Waals surface area contributed by atoms with E-state index in [-0.39, 0.29) is 5.84 Å². The summed E-state index contributed by atoms with van der Waals surface area (Å²) in [5.74, 6) is 0.170. The average Bonchev–Trinajstić information content (AvgIpc) is 2.50. The first-order chi connectivity index (χ1) is 9.77. The first kappa shape index (κ1) is 16.5. The summed E-state index contributed by atoms with van der Waals surface area (Å²) in [6, 6.07) is 7.95. The molecule has 0 amide bonds. The molecular weight excluding hydrogens is 248 g/mol. The lowest BCUT2D eigenvalue weighted by Gasteiger charge is -2.04. The van der Waals surface area contributed by atoms with E-state index < -0.39 is 0 Å². The maximum absolute atomic E-state index is 8.60. The Hall–Kier alpha value is -1.51. The van der Waals surface area contributed by atoms with Crippen molar-refractivity contribution in [2.75, 3.05) is 0 Å². The fourth-order valence-electron chi connectivity index (χ4n) is 2.36. The Morgan fingerprint density at radius 2 is 1.50 bits per heavy atom. The van der Waals surface area contributed by atoms with E-state index in [0.29, 0.717) is 0 Å². The fraction of sp³-hybridized carbons (Fsp3) is 0.588. The molecule has 1 aromatic carbocycles. The Bertz CT molecular complexity index is 384. The molecule has 0 fully saturated rings. The molecule has 0 atom stereocenters. The maximum atomic E-state index is 8.60. The molecule has 20 heavy (non-hydrogen) atoms. The number of oxime groups is 1. The van der Waals surface area contributed by atoms with Gasteiger partial charge in [-0.2, -0.15) is 0 Å². The summed E-state index contributed by atoms with van der Waals surface area (Å²) in [4.78, 5) is 0. The molecule has 0 bridgehead atoms. The summed E-state index contributed by atoms with van der Waals surface area (Å²) in [5, 5.41) is 11.6. The van der Waals surface area contributed by atoms with Crippen LogP contribution >= 0.6 is 0 Å². The second-order valence-electron chi connectivity index (χ2n) is 5.41. The third kappa shape index (κ3) is 6.60. The third-order valence-electron chi connectivity index (χ3n) is 3.68. The Kier molecular flexibility index (Phi) is 8.52. The van der Waals surface area contributed by atoms with Gasteiger partial charge in [-0.3, -0.25) is 0 Å². The van der Waals surface area contributed by atoms with Crippen molar-refractivity contribution in [3.05, 3.63) is 35.4 Å². The van der Waals surface area contributed by atoms with Crippen LogP contribution in [-0.2, 0) is 6.42 Å². The van der Waals surface area contributed by atoms with Gasteiger partial charge in [0, 0.05) is 5.56 Å². The molecule has 0 unspecified atom stereocenters. The van der Waals surface area contributed by atoms with Gasteiger partial charge in [0.05, 0.1) is 0 Å². The van der Waals surface area contributed by atoms with E-state index in [1.54, 1.807) is 0 Å². The van der Waals surface area contributed by atoms with Crippen LogP contribution in [0.3, 0.4) is 0 Å². The van der Waals surface area contributed by atoms with Gasteiger partial charge in [0.2, 0.25) is 0 Å². The van der Waals surface area contributed by atoms with Crippen LogP contribution in [0.2, 0.25) is 0 Å². The molecule has 0 aliphatic carbocycles. The Morgan fingerprint density at radius 3 is 2.05 bits per heavy atom. The number of benzene rings is 1. The summed E-state index contributed by atoms with van der Waals surface area (Å²) in [7, 11) is 0. The highest BCUT2D eigenvalue weighted by Crippen LogP contribution is 2.12. The van der Waals surface area contributed by atoms with E-state index >= 15 is 0 Å². The van der Waals surface area contributed by atoms with Crippen molar-refractivity contribution >= 4 is 5.84 Å². The molecule has 112 valence electrons. The lowest BCUT2D eigenvalue weighted by atomic mass is 10.0. The molecule has 1 aromatic rings. The number of rotatable bonds is 10.